The number of rotatable bonds is 5. The highest BCUT2D eigenvalue weighted by atomic mass is 16.6. The van der Waals surface area contributed by atoms with Crippen molar-refractivity contribution in [3.8, 4) is 11.5 Å². The van der Waals surface area contributed by atoms with Crippen molar-refractivity contribution in [1.82, 2.24) is 10.2 Å². The van der Waals surface area contributed by atoms with Crippen molar-refractivity contribution >= 4 is 17.7 Å². The van der Waals surface area contributed by atoms with Gasteiger partial charge in [-0.25, -0.2) is 0 Å². The number of hydrogen-bond acceptors (Lipinski definition) is 5. The summed E-state index contributed by atoms with van der Waals surface area (Å²) in [5, 5.41) is 3.06. The van der Waals surface area contributed by atoms with E-state index >= 15 is 0 Å². The molecule has 164 valence electrons. The minimum atomic E-state index is -0.844. The van der Waals surface area contributed by atoms with Gasteiger partial charge in [-0.3, -0.25) is 19.3 Å². The highest BCUT2D eigenvalue weighted by molar-refractivity contribution is 6.09. The Labute approximate surface area is 181 Å². The van der Waals surface area contributed by atoms with Crippen molar-refractivity contribution in [2.24, 2.45) is 29.6 Å². The summed E-state index contributed by atoms with van der Waals surface area (Å²) in [6, 6.07) is 4.54. The number of benzene rings is 1. The Kier molecular flexibility index (Phi) is 4.79. The summed E-state index contributed by atoms with van der Waals surface area (Å²) in [6.07, 6.45) is 4.99. The average Bonchev–Trinajstić information content (AvgIpc) is 3.44. The lowest BCUT2D eigenvalue weighted by Gasteiger charge is -2.29. The van der Waals surface area contributed by atoms with Gasteiger partial charge in [0.25, 0.3) is 0 Å². The molecule has 0 unspecified atom stereocenters. The molecule has 1 N–H and O–H groups in total. The van der Waals surface area contributed by atoms with Crippen LogP contribution in [-0.4, -0.2) is 41.9 Å². The van der Waals surface area contributed by atoms with Crippen molar-refractivity contribution < 1.29 is 23.9 Å². The van der Waals surface area contributed by atoms with Crippen LogP contribution in [0.3, 0.4) is 0 Å². The Hall–Kier alpha value is -2.83. The van der Waals surface area contributed by atoms with Gasteiger partial charge in [-0.1, -0.05) is 32.1 Å². The monoisotopic (exact) mass is 424 g/mol. The molecule has 2 aliphatic carbocycles. The molecule has 7 heteroatoms. The first-order valence-corrected chi connectivity index (χ1v) is 11.1. The fourth-order valence-corrected chi connectivity index (χ4v) is 5.59. The van der Waals surface area contributed by atoms with E-state index < -0.39 is 6.04 Å². The fraction of sp³-hybridized carbons (Fsp3) is 0.542. The lowest BCUT2D eigenvalue weighted by atomic mass is 9.85. The third-order valence-electron chi connectivity index (χ3n) is 7.16. The molecule has 2 bridgehead atoms. The summed E-state index contributed by atoms with van der Waals surface area (Å²) in [5.41, 5.74) is 0.901. The summed E-state index contributed by atoms with van der Waals surface area (Å²) in [7, 11) is 0. The molecule has 2 fully saturated rings. The second kappa shape index (κ2) is 7.39. The molecular weight excluding hydrogens is 396 g/mol. The number of imide groups is 1. The van der Waals surface area contributed by atoms with Gasteiger partial charge in [-0.2, -0.15) is 0 Å². The second-order valence-electron chi connectivity index (χ2n) is 9.36. The molecule has 1 aromatic carbocycles. The van der Waals surface area contributed by atoms with E-state index in [2.05, 4.69) is 17.5 Å². The first-order chi connectivity index (χ1) is 14.9. The molecule has 1 aromatic rings. The van der Waals surface area contributed by atoms with Gasteiger partial charge in [0.05, 0.1) is 17.9 Å². The van der Waals surface area contributed by atoms with E-state index in [0.29, 0.717) is 24.7 Å². The SMILES string of the molecule is CC(C)[C@H](NC(=O)[C@@H](C)N1C(=O)[C@@H]2[C@H](C1=O)[C@H]1C=C[C@H]2C1)c1ccc2c(c1)OCCO2. The molecule has 7 nitrogen and oxygen atoms in total. The number of allylic oxidation sites excluding steroid dienone is 2. The molecule has 2 heterocycles. The van der Waals surface area contributed by atoms with Crippen LogP contribution in [0.15, 0.2) is 30.4 Å². The summed E-state index contributed by atoms with van der Waals surface area (Å²) < 4.78 is 11.3. The smallest absolute Gasteiger partial charge is 0.243 e. The highest BCUT2D eigenvalue weighted by Crippen LogP contribution is 2.52. The molecule has 0 radical (unpaired) electrons. The Balaban J connectivity index is 1.33. The molecule has 0 spiro atoms. The molecular formula is C24H28N2O5. The van der Waals surface area contributed by atoms with Crippen LogP contribution >= 0.6 is 0 Å². The molecule has 3 amide bonds. The van der Waals surface area contributed by atoms with E-state index in [0.717, 1.165) is 12.0 Å². The number of amides is 3. The van der Waals surface area contributed by atoms with Crippen molar-refractivity contribution in [1.29, 1.82) is 0 Å². The molecule has 1 saturated carbocycles. The largest absolute Gasteiger partial charge is 0.486 e. The van der Waals surface area contributed by atoms with Gasteiger partial charge in [-0.15, -0.1) is 0 Å². The van der Waals surface area contributed by atoms with Crippen molar-refractivity contribution in [2.75, 3.05) is 13.2 Å². The van der Waals surface area contributed by atoms with Crippen LogP contribution in [0.1, 0.15) is 38.8 Å². The van der Waals surface area contributed by atoms with Crippen LogP contribution in [0, 0.1) is 29.6 Å². The van der Waals surface area contributed by atoms with E-state index in [-0.39, 0.29) is 53.4 Å². The number of ether oxygens (including phenoxy) is 2. The topological polar surface area (TPSA) is 84.9 Å². The summed E-state index contributed by atoms with van der Waals surface area (Å²) >= 11 is 0. The van der Waals surface area contributed by atoms with Crippen LogP contribution in [0.25, 0.3) is 0 Å². The zero-order chi connectivity index (χ0) is 21.9. The van der Waals surface area contributed by atoms with Gasteiger partial charge in [0, 0.05) is 0 Å². The van der Waals surface area contributed by atoms with Gasteiger partial charge in [0.1, 0.15) is 19.3 Å². The molecule has 0 aromatic heterocycles. The average molecular weight is 424 g/mol. The van der Waals surface area contributed by atoms with E-state index in [1.807, 2.05) is 32.0 Å². The number of hydrogen-bond donors (Lipinski definition) is 1. The lowest BCUT2D eigenvalue weighted by Crippen LogP contribution is -2.50. The third kappa shape index (κ3) is 3.13. The molecule has 4 aliphatic rings. The number of carbonyl (C=O) groups excluding carboxylic acids is 3. The van der Waals surface area contributed by atoms with Gasteiger partial charge in [-0.05, 0) is 48.8 Å². The quantitative estimate of drug-likeness (QED) is 0.580. The zero-order valence-electron chi connectivity index (χ0n) is 18.0. The number of fused-ring (bicyclic) bond motifs is 6. The van der Waals surface area contributed by atoms with Crippen LogP contribution in [0.2, 0.25) is 0 Å². The minimum Gasteiger partial charge on any atom is -0.486 e. The standard InChI is InChI=1S/C24H28N2O5/c1-12(2)21(16-6-7-17-18(11-16)31-9-8-30-17)25-22(27)13(3)26-23(28)19-14-4-5-15(10-14)20(19)24(26)29/h4-7,11-15,19-21H,8-10H2,1-3H3,(H,25,27)/t13-,14+,15+,19-,20+,21+/m1/s1. The normalized spacial score (nSPS) is 30.0. The Morgan fingerprint density at radius 3 is 2.23 bits per heavy atom. The fourth-order valence-electron chi connectivity index (χ4n) is 5.59. The van der Waals surface area contributed by atoms with Crippen LogP contribution in [-0.2, 0) is 14.4 Å². The van der Waals surface area contributed by atoms with Gasteiger partial charge in [0.2, 0.25) is 17.7 Å². The first kappa shape index (κ1) is 20.1. The van der Waals surface area contributed by atoms with Crippen LogP contribution in [0.5, 0.6) is 11.5 Å². The summed E-state index contributed by atoms with van der Waals surface area (Å²) in [4.78, 5) is 40.5. The van der Waals surface area contributed by atoms with Crippen molar-refractivity contribution in [3.05, 3.63) is 35.9 Å². The summed E-state index contributed by atoms with van der Waals surface area (Å²) in [6.45, 7) is 6.69. The maximum Gasteiger partial charge on any atom is 0.243 e. The lowest BCUT2D eigenvalue weighted by molar-refractivity contribution is -0.148. The van der Waals surface area contributed by atoms with Gasteiger partial charge < -0.3 is 14.8 Å². The number of nitrogens with zero attached hydrogens (tertiary/aromatic N) is 1. The van der Waals surface area contributed by atoms with Crippen LogP contribution < -0.4 is 14.8 Å². The third-order valence-corrected chi connectivity index (χ3v) is 7.16. The number of carbonyl (C=O) groups is 3. The first-order valence-electron chi connectivity index (χ1n) is 11.1. The van der Waals surface area contributed by atoms with E-state index in [1.54, 1.807) is 6.92 Å². The molecule has 31 heavy (non-hydrogen) atoms. The van der Waals surface area contributed by atoms with Gasteiger partial charge in [0.15, 0.2) is 11.5 Å². The molecule has 2 aliphatic heterocycles. The Bertz CT molecular complexity index is 941. The summed E-state index contributed by atoms with van der Waals surface area (Å²) in [5.74, 6) is 0.412. The maximum atomic E-state index is 13.2. The Morgan fingerprint density at radius 2 is 1.61 bits per heavy atom. The molecule has 1 saturated heterocycles. The zero-order valence-corrected chi connectivity index (χ0v) is 18.0. The van der Waals surface area contributed by atoms with Crippen molar-refractivity contribution in [2.45, 2.75) is 39.3 Å². The van der Waals surface area contributed by atoms with Gasteiger partial charge >= 0.3 is 0 Å². The number of likely N-dealkylation sites (tertiary alicyclic amines) is 1. The second-order valence-corrected chi connectivity index (χ2v) is 9.36. The molecule has 5 rings (SSSR count). The minimum absolute atomic E-state index is 0.100. The van der Waals surface area contributed by atoms with E-state index in [1.165, 1.54) is 4.90 Å². The Morgan fingerprint density at radius 1 is 1.00 bits per heavy atom. The number of nitrogens with one attached hydrogen (secondary N) is 1. The highest BCUT2D eigenvalue weighted by Gasteiger charge is 2.60. The maximum absolute atomic E-state index is 13.2. The van der Waals surface area contributed by atoms with Crippen LogP contribution in [0.4, 0.5) is 0 Å². The predicted molar refractivity (Wildman–Crippen MR) is 112 cm³/mol. The van der Waals surface area contributed by atoms with E-state index in [9.17, 15) is 14.4 Å². The molecule has 6 atom stereocenters. The predicted octanol–water partition coefficient (Wildman–Crippen LogP) is 2.47. The van der Waals surface area contributed by atoms with Crippen molar-refractivity contribution in [3.63, 3.8) is 0 Å². The van der Waals surface area contributed by atoms with E-state index in [4.69, 9.17) is 9.47 Å².